The van der Waals surface area contributed by atoms with Crippen LogP contribution in [0.1, 0.15) is 16.2 Å². The maximum absolute atomic E-state index is 13.1. The summed E-state index contributed by atoms with van der Waals surface area (Å²) in [4.78, 5) is 26.7. The number of aromatic nitrogens is 3. The SMILES string of the molecule is Cc1nnc2ccc(C(=O)OCC(=O)N3CCN(S(=O)(=O)c4ccc5ccccc5c4)CC3)cn12. The molecule has 1 aliphatic rings. The number of ether oxygens (including phenoxy) is 1. The molecule has 0 radical (unpaired) electrons. The lowest BCUT2D eigenvalue weighted by Gasteiger charge is -2.33. The summed E-state index contributed by atoms with van der Waals surface area (Å²) >= 11 is 0. The van der Waals surface area contributed by atoms with Crippen molar-refractivity contribution in [3.63, 3.8) is 0 Å². The number of esters is 1. The average Bonchev–Trinajstić information content (AvgIpc) is 3.26. The van der Waals surface area contributed by atoms with E-state index in [0.717, 1.165) is 10.8 Å². The summed E-state index contributed by atoms with van der Waals surface area (Å²) in [5, 5.41) is 9.72. The fourth-order valence-electron chi connectivity index (χ4n) is 4.08. The highest BCUT2D eigenvalue weighted by atomic mass is 32.2. The van der Waals surface area contributed by atoms with Crippen molar-refractivity contribution in [2.45, 2.75) is 11.8 Å². The van der Waals surface area contributed by atoms with Crippen molar-refractivity contribution in [2.24, 2.45) is 0 Å². The minimum atomic E-state index is -3.68. The van der Waals surface area contributed by atoms with Crippen LogP contribution >= 0.6 is 0 Å². The molecule has 2 aromatic heterocycles. The van der Waals surface area contributed by atoms with Gasteiger partial charge in [0.2, 0.25) is 10.0 Å². The van der Waals surface area contributed by atoms with Crippen LogP contribution in [-0.2, 0) is 19.6 Å². The molecule has 3 heterocycles. The molecule has 0 N–H and O–H groups in total. The molecule has 0 saturated carbocycles. The third-order valence-corrected chi connectivity index (χ3v) is 7.98. The third kappa shape index (κ3) is 4.47. The molecule has 0 bridgehead atoms. The van der Waals surface area contributed by atoms with E-state index in [0.29, 0.717) is 11.5 Å². The zero-order valence-corrected chi connectivity index (χ0v) is 19.8. The van der Waals surface area contributed by atoms with E-state index in [-0.39, 0.29) is 42.5 Å². The summed E-state index contributed by atoms with van der Waals surface area (Å²) < 4.78 is 34.5. The van der Waals surface area contributed by atoms with Crippen LogP contribution in [0.4, 0.5) is 0 Å². The lowest BCUT2D eigenvalue weighted by Crippen LogP contribution is -2.51. The fourth-order valence-corrected chi connectivity index (χ4v) is 5.54. The predicted octanol–water partition coefficient (Wildman–Crippen LogP) is 1.88. The van der Waals surface area contributed by atoms with Crippen LogP contribution in [0.3, 0.4) is 0 Å². The van der Waals surface area contributed by atoms with Crippen molar-refractivity contribution in [3.8, 4) is 0 Å². The Kier molecular flexibility index (Phi) is 5.95. The Morgan fingerprint density at radius 1 is 0.943 bits per heavy atom. The lowest BCUT2D eigenvalue weighted by atomic mass is 10.1. The normalized spacial score (nSPS) is 14.9. The van der Waals surface area contributed by atoms with Crippen molar-refractivity contribution < 1.29 is 22.7 Å². The number of sulfonamides is 1. The van der Waals surface area contributed by atoms with Crippen molar-refractivity contribution >= 4 is 38.3 Å². The molecule has 1 amide bonds. The summed E-state index contributed by atoms with van der Waals surface area (Å²) in [6.45, 7) is 2.11. The predicted molar refractivity (Wildman–Crippen MR) is 127 cm³/mol. The highest BCUT2D eigenvalue weighted by Gasteiger charge is 2.30. The molecule has 1 aliphatic heterocycles. The number of hydrogen-bond acceptors (Lipinski definition) is 7. The van der Waals surface area contributed by atoms with Gasteiger partial charge in [-0.2, -0.15) is 4.31 Å². The summed E-state index contributed by atoms with van der Waals surface area (Å²) in [5.74, 6) is -0.379. The molecule has 35 heavy (non-hydrogen) atoms. The zero-order valence-electron chi connectivity index (χ0n) is 19.0. The first-order valence-corrected chi connectivity index (χ1v) is 12.5. The maximum atomic E-state index is 13.1. The van der Waals surface area contributed by atoms with Gasteiger partial charge in [0, 0.05) is 32.4 Å². The number of piperazine rings is 1. The number of pyridine rings is 1. The van der Waals surface area contributed by atoms with Crippen LogP contribution in [0, 0.1) is 6.92 Å². The highest BCUT2D eigenvalue weighted by Crippen LogP contribution is 2.23. The van der Waals surface area contributed by atoms with Gasteiger partial charge in [0.15, 0.2) is 12.3 Å². The summed E-state index contributed by atoms with van der Waals surface area (Å²) in [5.41, 5.74) is 0.881. The second-order valence-corrected chi connectivity index (χ2v) is 10.2. The van der Waals surface area contributed by atoms with E-state index in [1.807, 2.05) is 24.3 Å². The second kappa shape index (κ2) is 9.08. The van der Waals surface area contributed by atoms with Crippen molar-refractivity contribution in [3.05, 3.63) is 72.2 Å². The van der Waals surface area contributed by atoms with Gasteiger partial charge < -0.3 is 9.64 Å². The van der Waals surface area contributed by atoms with Gasteiger partial charge in [-0.05, 0) is 42.0 Å². The number of carbonyl (C=O) groups is 2. The zero-order chi connectivity index (χ0) is 24.6. The molecule has 0 aliphatic carbocycles. The molecule has 180 valence electrons. The van der Waals surface area contributed by atoms with Gasteiger partial charge in [0.05, 0.1) is 10.5 Å². The molecular formula is C24H23N5O5S. The number of carbonyl (C=O) groups excluding carboxylic acids is 2. The Hall–Kier alpha value is -3.83. The number of rotatable bonds is 5. The van der Waals surface area contributed by atoms with E-state index < -0.39 is 22.6 Å². The first kappa shape index (κ1) is 22.9. The molecule has 0 atom stereocenters. The minimum absolute atomic E-state index is 0.165. The number of amides is 1. The number of aryl methyl sites for hydroxylation is 1. The van der Waals surface area contributed by atoms with Crippen LogP contribution in [-0.4, -0.2) is 76.9 Å². The second-order valence-electron chi connectivity index (χ2n) is 8.26. The maximum Gasteiger partial charge on any atom is 0.340 e. The van der Waals surface area contributed by atoms with Crippen LogP contribution < -0.4 is 0 Å². The summed E-state index contributed by atoms with van der Waals surface area (Å²) in [7, 11) is -3.68. The number of hydrogen-bond donors (Lipinski definition) is 0. The van der Waals surface area contributed by atoms with Crippen molar-refractivity contribution in [2.75, 3.05) is 32.8 Å². The van der Waals surface area contributed by atoms with E-state index in [4.69, 9.17) is 4.74 Å². The van der Waals surface area contributed by atoms with Gasteiger partial charge in [-0.3, -0.25) is 9.20 Å². The molecule has 1 saturated heterocycles. The monoisotopic (exact) mass is 493 g/mol. The van der Waals surface area contributed by atoms with E-state index in [1.54, 1.807) is 47.9 Å². The Bertz CT molecular complexity index is 1540. The van der Waals surface area contributed by atoms with Gasteiger partial charge in [0.25, 0.3) is 5.91 Å². The smallest absolute Gasteiger partial charge is 0.340 e. The Morgan fingerprint density at radius 3 is 2.46 bits per heavy atom. The standard InChI is InChI=1S/C24H23N5O5S/c1-17-25-26-22-9-7-20(15-29(17)22)24(31)34-16-23(30)27-10-12-28(13-11-27)35(32,33)21-8-6-18-4-2-3-5-19(18)14-21/h2-9,14-15H,10-13,16H2,1H3. The van der Waals surface area contributed by atoms with Crippen LogP contribution in [0.15, 0.2) is 65.7 Å². The molecular weight excluding hydrogens is 470 g/mol. The van der Waals surface area contributed by atoms with E-state index in [1.165, 1.54) is 9.21 Å². The van der Waals surface area contributed by atoms with Crippen LogP contribution in [0.2, 0.25) is 0 Å². The summed E-state index contributed by atoms with van der Waals surface area (Å²) in [6.07, 6.45) is 1.56. The average molecular weight is 494 g/mol. The molecule has 4 aromatic rings. The molecule has 5 rings (SSSR count). The van der Waals surface area contributed by atoms with Gasteiger partial charge in [0.1, 0.15) is 5.82 Å². The number of benzene rings is 2. The van der Waals surface area contributed by atoms with Crippen molar-refractivity contribution in [1.82, 2.24) is 23.8 Å². The van der Waals surface area contributed by atoms with Crippen LogP contribution in [0.25, 0.3) is 16.4 Å². The summed E-state index contributed by atoms with van der Waals surface area (Å²) in [6, 6.07) is 15.8. The molecule has 0 spiro atoms. The van der Waals surface area contributed by atoms with Crippen LogP contribution in [0.5, 0.6) is 0 Å². The first-order valence-electron chi connectivity index (χ1n) is 11.1. The minimum Gasteiger partial charge on any atom is -0.452 e. The molecule has 1 fully saturated rings. The van der Waals surface area contributed by atoms with Gasteiger partial charge in [-0.25, -0.2) is 13.2 Å². The Balaban J connectivity index is 1.18. The number of nitrogens with zero attached hydrogens (tertiary/aromatic N) is 5. The molecule has 11 heteroatoms. The van der Waals surface area contributed by atoms with Gasteiger partial charge >= 0.3 is 5.97 Å². The fraction of sp³-hybridized carbons (Fsp3) is 0.250. The Labute approximate surface area is 201 Å². The van der Waals surface area contributed by atoms with Gasteiger partial charge in [-0.1, -0.05) is 30.3 Å². The topological polar surface area (TPSA) is 114 Å². The van der Waals surface area contributed by atoms with E-state index >= 15 is 0 Å². The van der Waals surface area contributed by atoms with E-state index in [9.17, 15) is 18.0 Å². The number of fused-ring (bicyclic) bond motifs is 2. The first-order chi connectivity index (χ1) is 16.8. The van der Waals surface area contributed by atoms with E-state index in [2.05, 4.69) is 10.2 Å². The molecule has 10 nitrogen and oxygen atoms in total. The Morgan fingerprint density at radius 2 is 1.69 bits per heavy atom. The van der Waals surface area contributed by atoms with Crippen molar-refractivity contribution in [1.29, 1.82) is 0 Å². The third-order valence-electron chi connectivity index (χ3n) is 6.09. The largest absolute Gasteiger partial charge is 0.452 e. The lowest BCUT2D eigenvalue weighted by molar-refractivity contribution is -0.135. The highest BCUT2D eigenvalue weighted by molar-refractivity contribution is 7.89. The molecule has 2 aromatic carbocycles. The quantitative estimate of drug-likeness (QED) is 0.390. The molecule has 0 unspecified atom stereocenters. The van der Waals surface area contributed by atoms with Gasteiger partial charge in [-0.15, -0.1) is 10.2 Å².